The van der Waals surface area contributed by atoms with Crippen molar-refractivity contribution in [2.75, 3.05) is 0 Å². The van der Waals surface area contributed by atoms with Crippen molar-refractivity contribution in [3.63, 3.8) is 0 Å². The second-order valence-corrected chi connectivity index (χ2v) is 8.09. The van der Waals surface area contributed by atoms with Crippen LogP contribution in [0.3, 0.4) is 0 Å². The van der Waals surface area contributed by atoms with Crippen LogP contribution in [0.1, 0.15) is 25.7 Å². The van der Waals surface area contributed by atoms with Crippen LogP contribution in [0.2, 0.25) is 5.02 Å². The topological polar surface area (TPSA) is 55.4 Å². The maximum Gasteiger partial charge on any atom is 0.240 e. The van der Waals surface area contributed by atoms with Crippen LogP contribution >= 0.6 is 11.6 Å². The van der Waals surface area contributed by atoms with Gasteiger partial charge in [0, 0.05) is 5.02 Å². The van der Waals surface area contributed by atoms with Crippen molar-refractivity contribution in [2.24, 2.45) is 0 Å². The quantitative estimate of drug-likeness (QED) is 0.871. The van der Waals surface area contributed by atoms with Gasteiger partial charge in [-0.2, -0.15) is 0 Å². The molecule has 1 aliphatic rings. The average Bonchev–Trinajstić information content (AvgIpc) is 2.58. The Balaban J connectivity index is 1.74. The zero-order chi connectivity index (χ0) is 17.0. The van der Waals surface area contributed by atoms with Crippen molar-refractivity contribution in [1.82, 2.24) is 4.72 Å². The molecule has 2 aromatic rings. The maximum atomic E-state index is 12.6. The summed E-state index contributed by atoms with van der Waals surface area (Å²) in [7, 11) is -3.59. The molecule has 2 atom stereocenters. The number of hydrogen-bond donors (Lipinski definition) is 1. The number of sulfonamides is 1. The van der Waals surface area contributed by atoms with E-state index in [9.17, 15) is 8.42 Å². The Morgan fingerprint density at radius 2 is 1.62 bits per heavy atom. The predicted octanol–water partition coefficient (Wildman–Crippen LogP) is 4.01. The largest absolute Gasteiger partial charge is 0.489 e. The highest BCUT2D eigenvalue weighted by atomic mass is 35.5. The molecule has 1 saturated carbocycles. The van der Waals surface area contributed by atoms with Crippen LogP contribution in [0.15, 0.2) is 59.5 Å². The number of benzene rings is 2. The first-order valence-electron chi connectivity index (χ1n) is 8.04. The van der Waals surface area contributed by atoms with E-state index in [1.807, 2.05) is 30.3 Å². The summed E-state index contributed by atoms with van der Waals surface area (Å²) >= 11 is 5.83. The summed E-state index contributed by atoms with van der Waals surface area (Å²) in [4.78, 5) is 0.218. The molecule has 2 aromatic carbocycles. The van der Waals surface area contributed by atoms with Crippen molar-refractivity contribution < 1.29 is 13.2 Å². The van der Waals surface area contributed by atoms with Crippen molar-refractivity contribution in [2.45, 2.75) is 42.7 Å². The Bertz CT molecular complexity index is 763. The first kappa shape index (κ1) is 17.3. The van der Waals surface area contributed by atoms with E-state index in [0.29, 0.717) is 5.02 Å². The number of para-hydroxylation sites is 1. The molecule has 0 aliphatic heterocycles. The number of ether oxygens (including phenoxy) is 1. The van der Waals surface area contributed by atoms with Crippen molar-refractivity contribution in [3.05, 3.63) is 59.6 Å². The molecule has 1 aliphatic carbocycles. The second-order valence-electron chi connectivity index (χ2n) is 5.94. The van der Waals surface area contributed by atoms with Gasteiger partial charge in [-0.15, -0.1) is 0 Å². The zero-order valence-electron chi connectivity index (χ0n) is 13.2. The van der Waals surface area contributed by atoms with Crippen LogP contribution in [0.4, 0.5) is 0 Å². The summed E-state index contributed by atoms with van der Waals surface area (Å²) in [5, 5.41) is 0.511. The molecule has 0 heterocycles. The van der Waals surface area contributed by atoms with Crippen LogP contribution in [0.25, 0.3) is 0 Å². The molecule has 128 valence electrons. The highest BCUT2D eigenvalue weighted by molar-refractivity contribution is 7.89. The second kappa shape index (κ2) is 7.55. The molecule has 0 aromatic heterocycles. The van der Waals surface area contributed by atoms with Crippen LogP contribution in [0.5, 0.6) is 5.75 Å². The van der Waals surface area contributed by atoms with E-state index in [1.54, 1.807) is 12.1 Å². The fourth-order valence-corrected chi connectivity index (χ4v) is 4.35. The third-order valence-corrected chi connectivity index (χ3v) is 5.92. The fraction of sp³-hybridized carbons (Fsp3) is 0.333. The minimum absolute atomic E-state index is 0.164. The first-order chi connectivity index (χ1) is 11.5. The number of rotatable bonds is 5. The van der Waals surface area contributed by atoms with Gasteiger partial charge in [0.2, 0.25) is 10.0 Å². The Labute approximate surface area is 147 Å². The van der Waals surface area contributed by atoms with Gasteiger partial charge in [-0.05, 0) is 55.7 Å². The Morgan fingerprint density at radius 3 is 2.33 bits per heavy atom. The van der Waals surface area contributed by atoms with Gasteiger partial charge < -0.3 is 4.74 Å². The van der Waals surface area contributed by atoms with Crippen LogP contribution in [-0.2, 0) is 10.0 Å². The average molecular weight is 366 g/mol. The summed E-state index contributed by atoms with van der Waals surface area (Å²) in [5.41, 5.74) is 0. The molecule has 24 heavy (non-hydrogen) atoms. The molecule has 0 saturated heterocycles. The van der Waals surface area contributed by atoms with Crippen molar-refractivity contribution in [3.8, 4) is 5.75 Å². The lowest BCUT2D eigenvalue weighted by molar-refractivity contribution is 0.125. The minimum Gasteiger partial charge on any atom is -0.489 e. The van der Waals surface area contributed by atoms with E-state index in [0.717, 1.165) is 31.4 Å². The molecule has 6 heteroatoms. The molecule has 0 amide bonds. The van der Waals surface area contributed by atoms with Gasteiger partial charge >= 0.3 is 0 Å². The van der Waals surface area contributed by atoms with E-state index >= 15 is 0 Å². The number of nitrogens with one attached hydrogen (secondary N) is 1. The smallest absolute Gasteiger partial charge is 0.240 e. The highest BCUT2D eigenvalue weighted by Crippen LogP contribution is 2.25. The van der Waals surface area contributed by atoms with E-state index in [4.69, 9.17) is 16.3 Å². The lowest BCUT2D eigenvalue weighted by atomic mass is 9.93. The molecule has 1 fully saturated rings. The lowest BCUT2D eigenvalue weighted by Gasteiger charge is -2.32. The van der Waals surface area contributed by atoms with E-state index in [1.165, 1.54) is 12.1 Å². The molecule has 0 unspecified atom stereocenters. The third kappa shape index (κ3) is 4.29. The van der Waals surface area contributed by atoms with E-state index in [2.05, 4.69) is 4.72 Å². The van der Waals surface area contributed by atoms with Gasteiger partial charge in [0.15, 0.2) is 0 Å². The summed E-state index contributed by atoms with van der Waals surface area (Å²) < 4.78 is 34.0. The van der Waals surface area contributed by atoms with Crippen LogP contribution in [-0.4, -0.2) is 20.6 Å². The summed E-state index contributed by atoms with van der Waals surface area (Å²) in [6, 6.07) is 15.5. The standard InChI is InChI=1S/C18H20ClNO3S/c19-14-10-12-16(13-11-14)24(21,22)20-17-8-4-5-9-18(17)23-15-6-2-1-3-7-15/h1-3,6-7,10-13,17-18,20H,4-5,8-9H2/t17-,18+/m1/s1. The highest BCUT2D eigenvalue weighted by Gasteiger charge is 2.31. The summed E-state index contributed by atoms with van der Waals surface area (Å²) in [6.45, 7) is 0. The van der Waals surface area contributed by atoms with Gasteiger partial charge in [0.05, 0.1) is 10.9 Å². The van der Waals surface area contributed by atoms with Gasteiger partial charge in [0.1, 0.15) is 11.9 Å². The molecule has 1 N–H and O–H groups in total. The molecule has 4 nitrogen and oxygen atoms in total. The molecule has 3 rings (SSSR count). The van der Waals surface area contributed by atoms with E-state index in [-0.39, 0.29) is 17.0 Å². The molecular weight excluding hydrogens is 346 g/mol. The maximum absolute atomic E-state index is 12.6. The van der Waals surface area contributed by atoms with Crippen LogP contribution < -0.4 is 9.46 Å². The molecule has 0 bridgehead atoms. The predicted molar refractivity (Wildman–Crippen MR) is 94.9 cm³/mol. The van der Waals surface area contributed by atoms with Gasteiger partial charge in [0.25, 0.3) is 0 Å². The van der Waals surface area contributed by atoms with Crippen LogP contribution in [0, 0.1) is 0 Å². The normalized spacial score (nSPS) is 21.4. The SMILES string of the molecule is O=S(=O)(N[C@@H]1CCCC[C@@H]1Oc1ccccc1)c1ccc(Cl)cc1. The summed E-state index contributed by atoms with van der Waals surface area (Å²) in [6.07, 6.45) is 3.47. The molecule has 0 radical (unpaired) electrons. The Kier molecular flexibility index (Phi) is 5.43. The minimum atomic E-state index is -3.59. The summed E-state index contributed by atoms with van der Waals surface area (Å²) in [5.74, 6) is 0.764. The van der Waals surface area contributed by atoms with Gasteiger partial charge in [-0.25, -0.2) is 13.1 Å². The Hall–Kier alpha value is -1.56. The van der Waals surface area contributed by atoms with Crippen molar-refractivity contribution >= 4 is 21.6 Å². The Morgan fingerprint density at radius 1 is 0.958 bits per heavy atom. The monoisotopic (exact) mass is 365 g/mol. The van der Waals surface area contributed by atoms with Gasteiger partial charge in [-0.1, -0.05) is 36.2 Å². The van der Waals surface area contributed by atoms with Gasteiger partial charge in [-0.3, -0.25) is 0 Å². The first-order valence-corrected chi connectivity index (χ1v) is 9.90. The number of halogens is 1. The molecule has 0 spiro atoms. The van der Waals surface area contributed by atoms with E-state index < -0.39 is 10.0 Å². The fourth-order valence-electron chi connectivity index (χ4n) is 2.93. The molecular formula is C18H20ClNO3S. The number of hydrogen-bond acceptors (Lipinski definition) is 3. The third-order valence-electron chi connectivity index (χ3n) is 4.16. The van der Waals surface area contributed by atoms with Crippen molar-refractivity contribution in [1.29, 1.82) is 0 Å². The zero-order valence-corrected chi connectivity index (χ0v) is 14.8. The lowest BCUT2D eigenvalue weighted by Crippen LogP contribution is -2.47.